The van der Waals surface area contributed by atoms with E-state index in [9.17, 15) is 4.79 Å². The molecule has 3 aromatic rings. The van der Waals surface area contributed by atoms with Gasteiger partial charge in [0, 0.05) is 0 Å². The van der Waals surface area contributed by atoms with Crippen LogP contribution in [0, 0.1) is 0 Å². The van der Waals surface area contributed by atoms with Crippen LogP contribution in [-0.4, -0.2) is 30.6 Å². The van der Waals surface area contributed by atoms with Gasteiger partial charge in [0.25, 0.3) is 5.91 Å². The highest BCUT2D eigenvalue weighted by atomic mass is 32.2. The molecule has 1 saturated heterocycles. The number of thiocarbonyl (C=S) groups is 1. The highest BCUT2D eigenvalue weighted by Gasteiger charge is 2.34. The summed E-state index contributed by atoms with van der Waals surface area (Å²) in [7, 11) is 1.57. The summed E-state index contributed by atoms with van der Waals surface area (Å²) in [6.45, 7) is 0.847. The molecule has 0 unspecified atom stereocenters. The van der Waals surface area contributed by atoms with Crippen molar-refractivity contribution in [1.29, 1.82) is 0 Å². The molecule has 1 aliphatic heterocycles. The number of hydrogen-bond acceptors (Lipinski definition) is 6. The average Bonchev–Trinajstić information content (AvgIpc) is 3.10. The maximum atomic E-state index is 13.1. The maximum absolute atomic E-state index is 13.1. The van der Waals surface area contributed by atoms with E-state index in [1.807, 2.05) is 78.9 Å². The number of para-hydroxylation sites is 3. The number of ether oxygens (including phenoxy) is 3. The number of amides is 1. The molecule has 0 aromatic heterocycles. The van der Waals surface area contributed by atoms with Crippen LogP contribution in [0.15, 0.2) is 83.8 Å². The molecule has 1 amide bonds. The molecule has 162 valence electrons. The van der Waals surface area contributed by atoms with Crippen LogP contribution in [-0.2, 0) is 4.79 Å². The van der Waals surface area contributed by atoms with E-state index in [1.54, 1.807) is 13.2 Å². The number of benzene rings is 3. The fraction of sp³-hybridized carbons (Fsp3) is 0.120. The summed E-state index contributed by atoms with van der Waals surface area (Å²) >= 11 is 6.74. The van der Waals surface area contributed by atoms with E-state index in [0.717, 1.165) is 11.3 Å². The van der Waals surface area contributed by atoms with E-state index in [2.05, 4.69) is 0 Å². The molecule has 1 heterocycles. The SMILES string of the molecule is COc1ccccc1N1C(=O)/C(=C/c2cccc(OCCOc3ccccc3)c2)SC1=S. The van der Waals surface area contributed by atoms with Crippen molar-refractivity contribution in [3.63, 3.8) is 0 Å². The largest absolute Gasteiger partial charge is 0.495 e. The lowest BCUT2D eigenvalue weighted by Crippen LogP contribution is -2.27. The first-order chi connectivity index (χ1) is 15.7. The van der Waals surface area contributed by atoms with E-state index < -0.39 is 0 Å². The van der Waals surface area contributed by atoms with Gasteiger partial charge in [-0.3, -0.25) is 9.69 Å². The van der Waals surface area contributed by atoms with Gasteiger partial charge in [0.05, 0.1) is 17.7 Å². The Hall–Kier alpha value is -3.29. The van der Waals surface area contributed by atoms with E-state index in [0.29, 0.717) is 39.6 Å². The number of thioether (sulfide) groups is 1. The van der Waals surface area contributed by atoms with Gasteiger partial charge < -0.3 is 14.2 Å². The Balaban J connectivity index is 1.42. The molecule has 1 fully saturated rings. The van der Waals surface area contributed by atoms with Gasteiger partial charge in [-0.25, -0.2) is 0 Å². The van der Waals surface area contributed by atoms with Crippen molar-refractivity contribution >= 4 is 46.0 Å². The van der Waals surface area contributed by atoms with Gasteiger partial charge in [-0.2, -0.15) is 0 Å². The summed E-state index contributed by atoms with van der Waals surface area (Å²) in [6, 6.07) is 24.5. The third-order valence-corrected chi connectivity index (χ3v) is 5.94. The van der Waals surface area contributed by atoms with Crippen molar-refractivity contribution in [3.8, 4) is 17.2 Å². The summed E-state index contributed by atoms with van der Waals surface area (Å²) in [5, 5.41) is 0. The highest BCUT2D eigenvalue weighted by Crippen LogP contribution is 2.39. The Bertz CT molecular complexity index is 1150. The number of methoxy groups -OCH3 is 1. The zero-order valence-electron chi connectivity index (χ0n) is 17.4. The molecule has 5 nitrogen and oxygen atoms in total. The van der Waals surface area contributed by atoms with Crippen molar-refractivity contribution < 1.29 is 19.0 Å². The minimum Gasteiger partial charge on any atom is -0.495 e. The van der Waals surface area contributed by atoms with Crippen LogP contribution in [0.25, 0.3) is 6.08 Å². The zero-order chi connectivity index (χ0) is 22.3. The molecule has 0 aliphatic carbocycles. The number of hydrogen-bond donors (Lipinski definition) is 0. The second-order valence-corrected chi connectivity index (χ2v) is 8.45. The predicted octanol–water partition coefficient (Wildman–Crippen LogP) is 5.56. The summed E-state index contributed by atoms with van der Waals surface area (Å²) in [4.78, 5) is 15.1. The summed E-state index contributed by atoms with van der Waals surface area (Å²) in [5.41, 5.74) is 1.49. The number of carbonyl (C=O) groups excluding carboxylic acids is 1. The van der Waals surface area contributed by atoms with Crippen LogP contribution in [0.3, 0.4) is 0 Å². The molecule has 3 aromatic carbocycles. The van der Waals surface area contributed by atoms with Crippen molar-refractivity contribution in [2.24, 2.45) is 0 Å². The minimum atomic E-state index is -0.174. The van der Waals surface area contributed by atoms with Crippen LogP contribution in [0.2, 0.25) is 0 Å². The molecular formula is C25H21NO4S2. The van der Waals surface area contributed by atoms with E-state index in [4.69, 9.17) is 26.4 Å². The van der Waals surface area contributed by atoms with Crippen LogP contribution in [0.5, 0.6) is 17.2 Å². The second kappa shape index (κ2) is 10.3. The van der Waals surface area contributed by atoms with E-state index in [1.165, 1.54) is 16.7 Å². The molecule has 4 rings (SSSR count). The standard InChI is InChI=1S/C25H21NO4S2/c1-28-22-13-6-5-12-21(22)26-24(27)23(32-25(26)31)17-18-8-7-11-20(16-18)30-15-14-29-19-9-3-2-4-10-19/h2-13,16-17H,14-15H2,1H3/b23-17-. The molecule has 0 saturated carbocycles. The molecule has 1 aliphatic rings. The van der Waals surface area contributed by atoms with E-state index in [-0.39, 0.29) is 5.91 Å². The molecule has 32 heavy (non-hydrogen) atoms. The smallest absolute Gasteiger partial charge is 0.270 e. The molecule has 0 spiro atoms. The average molecular weight is 464 g/mol. The molecule has 0 N–H and O–H groups in total. The van der Waals surface area contributed by atoms with Crippen LogP contribution in [0.4, 0.5) is 5.69 Å². The second-order valence-electron chi connectivity index (χ2n) is 6.77. The topological polar surface area (TPSA) is 48.0 Å². The normalized spacial score (nSPS) is 14.7. The lowest BCUT2D eigenvalue weighted by atomic mass is 10.2. The lowest BCUT2D eigenvalue weighted by Gasteiger charge is -2.17. The molecule has 7 heteroatoms. The van der Waals surface area contributed by atoms with Crippen molar-refractivity contribution in [2.45, 2.75) is 0 Å². The highest BCUT2D eigenvalue weighted by molar-refractivity contribution is 8.27. The first kappa shape index (κ1) is 21.9. The first-order valence-corrected chi connectivity index (χ1v) is 11.2. The van der Waals surface area contributed by atoms with Crippen LogP contribution < -0.4 is 19.1 Å². The maximum Gasteiger partial charge on any atom is 0.270 e. The van der Waals surface area contributed by atoms with Crippen LogP contribution >= 0.6 is 24.0 Å². The van der Waals surface area contributed by atoms with Gasteiger partial charge in [0.1, 0.15) is 30.5 Å². The number of anilines is 1. The van der Waals surface area contributed by atoms with Crippen LogP contribution in [0.1, 0.15) is 5.56 Å². The van der Waals surface area contributed by atoms with Gasteiger partial charge in [-0.1, -0.05) is 66.4 Å². The third kappa shape index (κ3) is 5.12. The Morgan fingerprint density at radius 3 is 2.38 bits per heavy atom. The Labute approximate surface area is 196 Å². The fourth-order valence-electron chi connectivity index (χ4n) is 3.17. The summed E-state index contributed by atoms with van der Waals surface area (Å²) in [6.07, 6.45) is 1.82. The number of rotatable bonds is 8. The monoisotopic (exact) mass is 463 g/mol. The molecule has 0 atom stereocenters. The lowest BCUT2D eigenvalue weighted by molar-refractivity contribution is -0.113. The summed E-state index contributed by atoms with van der Waals surface area (Å²) in [5.74, 6) is 1.93. The quantitative estimate of drug-likeness (QED) is 0.248. The fourth-order valence-corrected chi connectivity index (χ4v) is 4.46. The third-order valence-electron chi connectivity index (χ3n) is 4.64. The summed E-state index contributed by atoms with van der Waals surface area (Å²) < 4.78 is 17.3. The Kier molecular flexibility index (Phi) is 7.09. The van der Waals surface area contributed by atoms with Gasteiger partial charge in [0.2, 0.25) is 0 Å². The molecular weight excluding hydrogens is 442 g/mol. The van der Waals surface area contributed by atoms with Crippen molar-refractivity contribution in [1.82, 2.24) is 0 Å². The van der Waals surface area contributed by atoms with Gasteiger partial charge in [0.15, 0.2) is 4.32 Å². The first-order valence-electron chi connectivity index (χ1n) is 9.97. The van der Waals surface area contributed by atoms with Crippen molar-refractivity contribution in [3.05, 3.63) is 89.3 Å². The molecule has 0 radical (unpaired) electrons. The number of nitrogens with zero attached hydrogens (tertiary/aromatic N) is 1. The Morgan fingerprint density at radius 2 is 1.59 bits per heavy atom. The predicted molar refractivity (Wildman–Crippen MR) is 133 cm³/mol. The number of carbonyl (C=O) groups is 1. The Morgan fingerprint density at radius 1 is 0.906 bits per heavy atom. The van der Waals surface area contributed by atoms with E-state index >= 15 is 0 Å². The van der Waals surface area contributed by atoms with Gasteiger partial charge >= 0.3 is 0 Å². The van der Waals surface area contributed by atoms with Crippen molar-refractivity contribution in [2.75, 3.05) is 25.2 Å². The van der Waals surface area contributed by atoms with Gasteiger partial charge in [-0.05, 0) is 48.0 Å². The zero-order valence-corrected chi connectivity index (χ0v) is 19.0. The molecule has 0 bridgehead atoms. The minimum absolute atomic E-state index is 0.174. The van der Waals surface area contributed by atoms with Gasteiger partial charge in [-0.15, -0.1) is 0 Å².